The van der Waals surface area contributed by atoms with E-state index in [0.717, 1.165) is 0 Å². The Morgan fingerprint density at radius 3 is 2.35 bits per heavy atom. The van der Waals surface area contributed by atoms with Crippen LogP contribution in [0.5, 0.6) is 0 Å². The number of rotatable bonds is 5. The maximum atomic E-state index is 13.3. The fraction of sp³-hybridized carbons (Fsp3) is 0.167. The third-order valence-corrected chi connectivity index (χ3v) is 4.15. The topological polar surface area (TPSA) is 81.0 Å². The third kappa shape index (κ3) is 2.85. The zero-order valence-electron chi connectivity index (χ0n) is 13.7. The molecule has 0 aliphatic carbocycles. The Labute approximate surface area is 148 Å². The summed E-state index contributed by atoms with van der Waals surface area (Å²) >= 11 is 0. The summed E-state index contributed by atoms with van der Waals surface area (Å²) in [6.45, 7) is 0.652. The molecule has 7 nitrogen and oxygen atoms in total. The van der Waals surface area contributed by atoms with Crippen molar-refractivity contribution in [2.75, 3.05) is 6.54 Å². The Hall–Kier alpha value is -3.42. The van der Waals surface area contributed by atoms with Crippen molar-refractivity contribution >= 4 is 11.8 Å². The van der Waals surface area contributed by atoms with Crippen LogP contribution >= 0.6 is 0 Å². The third-order valence-electron chi connectivity index (χ3n) is 4.15. The summed E-state index contributed by atoms with van der Waals surface area (Å²) in [5.41, 5.74) is 1.41. The van der Waals surface area contributed by atoms with Gasteiger partial charge in [0.05, 0.1) is 17.7 Å². The number of tetrazole rings is 1. The first-order chi connectivity index (χ1) is 12.6. The van der Waals surface area contributed by atoms with E-state index in [4.69, 9.17) is 0 Å². The summed E-state index contributed by atoms with van der Waals surface area (Å²) in [7, 11) is 0. The van der Waals surface area contributed by atoms with Crippen LogP contribution < -0.4 is 0 Å². The first-order valence-corrected chi connectivity index (χ1v) is 8.12. The molecule has 1 aromatic heterocycles. The van der Waals surface area contributed by atoms with Crippen LogP contribution in [-0.4, -0.2) is 43.5 Å². The highest BCUT2D eigenvalue weighted by molar-refractivity contribution is 6.21. The second-order valence-electron chi connectivity index (χ2n) is 5.88. The van der Waals surface area contributed by atoms with E-state index < -0.39 is 0 Å². The number of imide groups is 1. The van der Waals surface area contributed by atoms with Crippen LogP contribution in [0.1, 0.15) is 27.1 Å². The smallest absolute Gasteiger partial charge is 0.261 e. The summed E-state index contributed by atoms with van der Waals surface area (Å²) in [5.74, 6) is -0.607. The van der Waals surface area contributed by atoms with Gasteiger partial charge in [-0.1, -0.05) is 24.3 Å². The predicted octanol–water partition coefficient (Wildman–Crippen LogP) is 2.17. The van der Waals surface area contributed by atoms with Crippen LogP contribution in [0.2, 0.25) is 0 Å². The number of fused-ring (bicyclic) bond motifs is 1. The zero-order valence-corrected chi connectivity index (χ0v) is 13.7. The van der Waals surface area contributed by atoms with Gasteiger partial charge in [0.15, 0.2) is 0 Å². The minimum atomic E-state index is -0.371. The Kier molecular flexibility index (Phi) is 4.00. The fourth-order valence-corrected chi connectivity index (χ4v) is 2.89. The normalized spacial score (nSPS) is 13.3. The van der Waals surface area contributed by atoms with Gasteiger partial charge in [0.2, 0.25) is 5.82 Å². The van der Waals surface area contributed by atoms with Crippen LogP contribution in [0.25, 0.3) is 11.4 Å². The highest BCUT2D eigenvalue weighted by Gasteiger charge is 2.34. The molecule has 8 heteroatoms. The van der Waals surface area contributed by atoms with Gasteiger partial charge in [-0.2, -0.15) is 4.80 Å². The minimum absolute atomic E-state index is 0.267. The molecule has 3 aromatic rings. The summed E-state index contributed by atoms with van der Waals surface area (Å²) < 4.78 is 13.3. The fourth-order valence-electron chi connectivity index (χ4n) is 2.89. The van der Waals surface area contributed by atoms with Crippen LogP contribution in [0, 0.1) is 5.82 Å². The Morgan fingerprint density at radius 2 is 1.65 bits per heavy atom. The molecular weight excluding hydrogens is 337 g/mol. The molecule has 0 N–H and O–H groups in total. The van der Waals surface area contributed by atoms with E-state index in [1.54, 1.807) is 36.4 Å². The van der Waals surface area contributed by atoms with E-state index in [-0.39, 0.29) is 24.2 Å². The average Bonchev–Trinajstić information content (AvgIpc) is 3.21. The summed E-state index contributed by atoms with van der Waals surface area (Å²) in [6.07, 6.45) is 0.490. The lowest BCUT2D eigenvalue weighted by molar-refractivity contribution is 0.0649. The van der Waals surface area contributed by atoms with Crippen molar-refractivity contribution in [3.8, 4) is 11.4 Å². The van der Waals surface area contributed by atoms with Gasteiger partial charge in [-0.15, -0.1) is 10.2 Å². The molecule has 2 aromatic carbocycles. The molecule has 130 valence electrons. The maximum Gasteiger partial charge on any atom is 0.261 e. The molecule has 0 unspecified atom stereocenters. The molecule has 4 rings (SSSR count). The summed E-state index contributed by atoms with van der Waals surface area (Å²) in [6, 6.07) is 12.7. The standard InChI is InChI=1S/C18H14FN5O2/c19-13-6-3-5-12(11-13)16-20-22-24(21-16)10-4-9-23-17(25)14-7-1-2-8-15(14)18(23)26/h1-3,5-8,11H,4,9-10H2. The number of nitrogens with zero attached hydrogens (tertiary/aromatic N) is 5. The van der Waals surface area contributed by atoms with Gasteiger partial charge in [0.1, 0.15) is 5.82 Å². The molecule has 26 heavy (non-hydrogen) atoms. The number of amides is 2. The Bertz CT molecular complexity index is 966. The highest BCUT2D eigenvalue weighted by atomic mass is 19.1. The lowest BCUT2D eigenvalue weighted by Gasteiger charge is -2.12. The lowest BCUT2D eigenvalue weighted by atomic mass is 10.1. The van der Waals surface area contributed by atoms with E-state index in [1.807, 2.05) is 0 Å². The molecule has 0 saturated heterocycles. The van der Waals surface area contributed by atoms with Crippen molar-refractivity contribution in [1.29, 1.82) is 0 Å². The molecule has 2 amide bonds. The van der Waals surface area contributed by atoms with Crippen LogP contribution in [0.4, 0.5) is 4.39 Å². The van der Waals surface area contributed by atoms with E-state index in [9.17, 15) is 14.0 Å². The first-order valence-electron chi connectivity index (χ1n) is 8.12. The number of halogens is 1. The van der Waals surface area contributed by atoms with Crippen molar-refractivity contribution in [3.05, 3.63) is 65.5 Å². The summed E-state index contributed by atoms with van der Waals surface area (Å²) in [4.78, 5) is 27.2. The average molecular weight is 351 g/mol. The van der Waals surface area contributed by atoms with Gasteiger partial charge in [-0.25, -0.2) is 4.39 Å². The SMILES string of the molecule is O=C1c2ccccc2C(=O)N1CCCn1nnc(-c2cccc(F)c2)n1. The highest BCUT2D eigenvalue weighted by Crippen LogP contribution is 2.22. The molecule has 0 radical (unpaired) electrons. The first kappa shape index (κ1) is 16.1. The van der Waals surface area contributed by atoms with Crippen molar-refractivity contribution in [2.45, 2.75) is 13.0 Å². The molecule has 0 atom stereocenters. The molecule has 0 fully saturated rings. The quantitative estimate of drug-likeness (QED) is 0.658. The van der Waals surface area contributed by atoms with Crippen molar-refractivity contribution in [2.24, 2.45) is 0 Å². The van der Waals surface area contributed by atoms with E-state index >= 15 is 0 Å². The predicted molar refractivity (Wildman–Crippen MR) is 89.6 cm³/mol. The molecule has 0 bridgehead atoms. The number of aryl methyl sites for hydroxylation is 1. The van der Waals surface area contributed by atoms with Gasteiger partial charge >= 0.3 is 0 Å². The van der Waals surface area contributed by atoms with Crippen LogP contribution in [-0.2, 0) is 6.54 Å². The second-order valence-corrected chi connectivity index (χ2v) is 5.88. The van der Waals surface area contributed by atoms with Crippen molar-refractivity contribution in [3.63, 3.8) is 0 Å². The lowest BCUT2D eigenvalue weighted by Crippen LogP contribution is -2.31. The van der Waals surface area contributed by atoms with Gasteiger partial charge in [-0.3, -0.25) is 14.5 Å². The van der Waals surface area contributed by atoms with Crippen molar-refractivity contribution < 1.29 is 14.0 Å². The Balaban J connectivity index is 1.39. The summed E-state index contributed by atoms with van der Waals surface area (Å²) in [5, 5.41) is 12.0. The largest absolute Gasteiger partial charge is 0.274 e. The number of benzene rings is 2. The maximum absolute atomic E-state index is 13.3. The Morgan fingerprint density at radius 1 is 0.923 bits per heavy atom. The molecule has 1 aliphatic heterocycles. The second kappa shape index (κ2) is 6.47. The molecule has 0 saturated carbocycles. The van der Waals surface area contributed by atoms with Gasteiger partial charge < -0.3 is 0 Å². The molecule has 1 aliphatic rings. The number of hydrogen-bond acceptors (Lipinski definition) is 5. The molecule has 2 heterocycles. The minimum Gasteiger partial charge on any atom is -0.274 e. The van der Waals surface area contributed by atoms with Gasteiger partial charge in [0.25, 0.3) is 11.8 Å². The van der Waals surface area contributed by atoms with Gasteiger partial charge in [-0.05, 0) is 35.9 Å². The van der Waals surface area contributed by atoms with Crippen LogP contribution in [0.3, 0.4) is 0 Å². The molecular formula is C18H14FN5O2. The van der Waals surface area contributed by atoms with E-state index in [1.165, 1.54) is 21.8 Å². The van der Waals surface area contributed by atoms with E-state index in [0.29, 0.717) is 35.5 Å². The number of hydrogen-bond donors (Lipinski definition) is 0. The van der Waals surface area contributed by atoms with Crippen LogP contribution in [0.15, 0.2) is 48.5 Å². The number of carbonyl (C=O) groups excluding carboxylic acids is 2. The van der Waals surface area contributed by atoms with E-state index in [2.05, 4.69) is 15.4 Å². The zero-order chi connectivity index (χ0) is 18.1. The van der Waals surface area contributed by atoms with Crippen molar-refractivity contribution in [1.82, 2.24) is 25.1 Å². The molecule has 0 spiro atoms. The number of carbonyl (C=O) groups is 2. The monoisotopic (exact) mass is 351 g/mol. The van der Waals surface area contributed by atoms with Gasteiger partial charge in [0, 0.05) is 12.1 Å². The number of aromatic nitrogens is 4.